The molecule has 0 fully saturated rings. The first-order valence-electron chi connectivity index (χ1n) is 12.5. The Hall–Kier alpha value is -5.04. The van der Waals surface area contributed by atoms with Crippen molar-refractivity contribution in [1.29, 1.82) is 0 Å². The molecule has 0 aliphatic carbocycles. The van der Waals surface area contributed by atoms with E-state index in [0.717, 1.165) is 33.5 Å². The summed E-state index contributed by atoms with van der Waals surface area (Å²) in [5, 5.41) is 11.6. The number of aliphatic carboxylic acids is 1. The van der Waals surface area contributed by atoms with Crippen molar-refractivity contribution in [3.63, 3.8) is 0 Å². The van der Waals surface area contributed by atoms with E-state index < -0.39 is 23.8 Å². The zero-order chi connectivity index (χ0) is 27.9. The molecular formula is C33H21F3O4. The monoisotopic (exact) mass is 538 g/mol. The molecule has 0 bridgehead atoms. The smallest absolute Gasteiger partial charge is 0.417 e. The van der Waals surface area contributed by atoms with Crippen LogP contribution in [0, 0.1) is 0 Å². The van der Waals surface area contributed by atoms with Gasteiger partial charge in [0.05, 0.1) is 5.56 Å². The highest BCUT2D eigenvalue weighted by atomic mass is 19.4. The zero-order valence-electron chi connectivity index (χ0n) is 20.9. The Morgan fingerprint density at radius 2 is 1.38 bits per heavy atom. The van der Waals surface area contributed by atoms with Crippen molar-refractivity contribution in [2.24, 2.45) is 0 Å². The molecule has 0 saturated heterocycles. The van der Waals surface area contributed by atoms with Gasteiger partial charge in [0.15, 0.2) is 0 Å². The molecule has 5 aromatic carbocycles. The molecule has 4 nitrogen and oxygen atoms in total. The summed E-state index contributed by atoms with van der Waals surface area (Å²) in [7, 11) is 0. The molecule has 1 unspecified atom stereocenters. The van der Waals surface area contributed by atoms with E-state index in [2.05, 4.69) is 0 Å². The molecule has 1 aromatic heterocycles. The molecule has 6 aromatic rings. The van der Waals surface area contributed by atoms with Gasteiger partial charge in [0.25, 0.3) is 0 Å². The van der Waals surface area contributed by atoms with Crippen molar-refractivity contribution in [3.8, 4) is 28.0 Å². The quantitative estimate of drug-likeness (QED) is 0.230. The third-order valence-electron chi connectivity index (χ3n) is 6.79. The number of fused-ring (bicyclic) bond motifs is 3. The fraction of sp³-hybridized carbons (Fsp3) is 0.0606. The minimum absolute atomic E-state index is 0.0417. The molecule has 0 aliphatic rings. The number of rotatable bonds is 6. The van der Waals surface area contributed by atoms with Crippen LogP contribution in [0.2, 0.25) is 0 Å². The van der Waals surface area contributed by atoms with Gasteiger partial charge in [-0.1, -0.05) is 97.1 Å². The van der Waals surface area contributed by atoms with Crippen LogP contribution in [0.25, 0.3) is 44.2 Å². The zero-order valence-corrected chi connectivity index (χ0v) is 20.9. The molecule has 6 rings (SSSR count). The molecule has 7 heteroatoms. The number of benzene rings is 5. The number of carbonyl (C=O) groups is 1. The first-order chi connectivity index (χ1) is 19.3. The number of hydrogen-bond donors (Lipinski definition) is 1. The van der Waals surface area contributed by atoms with Gasteiger partial charge in [-0.2, -0.15) is 13.2 Å². The standard InChI is InChI=1S/C33H21F3O4/c34-33(35,36)28-19-23(39-30(32(37)38)22-7-2-1-3-8-22)17-18-24(28)20-13-15-21(16-14-20)25-10-6-11-27-26-9-4-5-12-29(26)40-31(25)27/h1-19,30H,(H,37,38). The Morgan fingerprint density at radius 1 is 0.725 bits per heavy atom. The first kappa shape index (κ1) is 25.2. The van der Waals surface area contributed by atoms with Crippen molar-refractivity contribution in [3.05, 3.63) is 126 Å². The van der Waals surface area contributed by atoms with Crippen LogP contribution < -0.4 is 4.74 Å². The number of furan rings is 1. The van der Waals surface area contributed by atoms with Gasteiger partial charge in [-0.15, -0.1) is 0 Å². The van der Waals surface area contributed by atoms with Gasteiger partial charge in [-0.05, 0) is 34.9 Å². The molecule has 0 aliphatic heterocycles. The van der Waals surface area contributed by atoms with Crippen LogP contribution in [0.1, 0.15) is 17.2 Å². The van der Waals surface area contributed by atoms with E-state index in [-0.39, 0.29) is 11.3 Å². The van der Waals surface area contributed by atoms with E-state index in [4.69, 9.17) is 9.15 Å². The van der Waals surface area contributed by atoms with Crippen molar-refractivity contribution < 1.29 is 32.2 Å². The number of carboxylic acids is 1. The minimum Gasteiger partial charge on any atom is -0.478 e. The van der Waals surface area contributed by atoms with Gasteiger partial charge in [0, 0.05) is 21.9 Å². The predicted molar refractivity (Wildman–Crippen MR) is 147 cm³/mol. The second kappa shape index (κ2) is 9.93. The van der Waals surface area contributed by atoms with E-state index in [0.29, 0.717) is 16.7 Å². The average molecular weight is 539 g/mol. The Bertz CT molecular complexity index is 1840. The Morgan fingerprint density at radius 3 is 2.08 bits per heavy atom. The lowest BCUT2D eigenvalue weighted by Crippen LogP contribution is -2.18. The Kier molecular flexibility index (Phi) is 6.27. The summed E-state index contributed by atoms with van der Waals surface area (Å²) in [6.07, 6.45) is -6.15. The van der Waals surface area contributed by atoms with Crippen LogP contribution >= 0.6 is 0 Å². The predicted octanol–water partition coefficient (Wildman–Crippen LogP) is 9.14. The molecule has 1 N–H and O–H groups in total. The fourth-order valence-electron chi connectivity index (χ4n) is 4.91. The van der Waals surface area contributed by atoms with E-state index in [1.165, 1.54) is 12.1 Å². The molecule has 0 spiro atoms. The highest BCUT2D eigenvalue weighted by Gasteiger charge is 2.35. The number of ether oxygens (including phenoxy) is 1. The van der Waals surface area contributed by atoms with Crippen molar-refractivity contribution in [2.45, 2.75) is 12.3 Å². The maximum atomic E-state index is 14.2. The van der Waals surface area contributed by atoms with Gasteiger partial charge >= 0.3 is 12.1 Å². The number of halogens is 3. The SMILES string of the molecule is O=C(O)C(Oc1ccc(-c2ccc(-c3cccc4c3oc3ccccc34)cc2)c(C(F)(F)F)c1)c1ccccc1. The summed E-state index contributed by atoms with van der Waals surface area (Å²) in [5.74, 6) is -1.50. The van der Waals surface area contributed by atoms with E-state index in [1.54, 1.807) is 54.6 Å². The van der Waals surface area contributed by atoms with Gasteiger partial charge in [0.1, 0.15) is 16.9 Å². The van der Waals surface area contributed by atoms with Gasteiger partial charge in [-0.25, -0.2) is 4.79 Å². The molecule has 0 amide bonds. The van der Waals surface area contributed by atoms with Gasteiger partial charge < -0.3 is 14.3 Å². The number of para-hydroxylation sites is 2. The summed E-state index contributed by atoms with van der Waals surface area (Å²) in [6.45, 7) is 0. The number of hydrogen-bond acceptors (Lipinski definition) is 3. The molecule has 40 heavy (non-hydrogen) atoms. The lowest BCUT2D eigenvalue weighted by Gasteiger charge is -2.19. The van der Waals surface area contributed by atoms with E-state index in [9.17, 15) is 23.1 Å². The minimum atomic E-state index is -4.70. The van der Waals surface area contributed by atoms with Crippen LogP contribution in [0.5, 0.6) is 5.75 Å². The van der Waals surface area contributed by atoms with Gasteiger partial charge in [-0.3, -0.25) is 0 Å². The highest BCUT2D eigenvalue weighted by Crippen LogP contribution is 2.41. The topological polar surface area (TPSA) is 59.7 Å². The molecule has 1 heterocycles. The van der Waals surface area contributed by atoms with Crippen molar-refractivity contribution in [2.75, 3.05) is 0 Å². The van der Waals surface area contributed by atoms with Crippen LogP contribution in [0.4, 0.5) is 13.2 Å². The summed E-state index contributed by atoms with van der Waals surface area (Å²) >= 11 is 0. The normalized spacial score (nSPS) is 12.5. The number of alkyl halides is 3. The maximum Gasteiger partial charge on any atom is 0.417 e. The molecular weight excluding hydrogens is 517 g/mol. The third-order valence-corrected chi connectivity index (χ3v) is 6.79. The summed E-state index contributed by atoms with van der Waals surface area (Å²) in [5.41, 5.74) is 2.82. The molecule has 1 atom stereocenters. The largest absolute Gasteiger partial charge is 0.478 e. The average Bonchev–Trinajstić information content (AvgIpc) is 3.35. The Labute approximate surface area is 226 Å². The second-order valence-corrected chi connectivity index (χ2v) is 9.31. The van der Waals surface area contributed by atoms with Crippen LogP contribution in [-0.2, 0) is 11.0 Å². The number of carboxylic acid groups (broad SMARTS) is 1. The first-order valence-corrected chi connectivity index (χ1v) is 12.5. The summed E-state index contributed by atoms with van der Waals surface area (Å²) in [4.78, 5) is 11.8. The molecule has 198 valence electrons. The second-order valence-electron chi connectivity index (χ2n) is 9.31. The van der Waals surface area contributed by atoms with Crippen molar-refractivity contribution >= 4 is 27.9 Å². The molecule has 0 radical (unpaired) electrons. The Balaban J connectivity index is 1.36. The van der Waals surface area contributed by atoms with Crippen LogP contribution in [0.15, 0.2) is 120 Å². The van der Waals surface area contributed by atoms with Crippen LogP contribution in [0.3, 0.4) is 0 Å². The third kappa shape index (κ3) is 4.66. The lowest BCUT2D eigenvalue weighted by atomic mass is 9.96. The van der Waals surface area contributed by atoms with Gasteiger partial charge in [0.2, 0.25) is 6.10 Å². The molecule has 0 saturated carbocycles. The summed E-state index contributed by atoms with van der Waals surface area (Å²) < 4.78 is 54.1. The van der Waals surface area contributed by atoms with Crippen molar-refractivity contribution in [1.82, 2.24) is 0 Å². The highest BCUT2D eigenvalue weighted by molar-refractivity contribution is 6.09. The summed E-state index contributed by atoms with van der Waals surface area (Å²) in [6, 6.07) is 31.9. The van der Waals surface area contributed by atoms with Crippen LogP contribution in [-0.4, -0.2) is 11.1 Å². The lowest BCUT2D eigenvalue weighted by molar-refractivity contribution is -0.145. The fourth-order valence-corrected chi connectivity index (χ4v) is 4.91. The van der Waals surface area contributed by atoms with E-state index >= 15 is 0 Å². The van der Waals surface area contributed by atoms with E-state index in [1.807, 2.05) is 42.5 Å². The maximum absolute atomic E-state index is 14.2.